The van der Waals surface area contributed by atoms with Crippen LogP contribution < -0.4 is 0 Å². The van der Waals surface area contributed by atoms with Crippen molar-refractivity contribution in [1.29, 1.82) is 0 Å². The number of rotatable bonds is 4. The lowest BCUT2D eigenvalue weighted by atomic mass is 10.1. The molecule has 130 valence electrons. The fourth-order valence-corrected chi connectivity index (χ4v) is 2.66. The molecular formula is C15H18ClN3O5. The molecule has 1 amide bonds. The number of hydrogen-bond acceptors (Lipinski definition) is 6. The third kappa shape index (κ3) is 4.35. The monoisotopic (exact) mass is 355 g/mol. The van der Waals surface area contributed by atoms with Crippen molar-refractivity contribution in [3.63, 3.8) is 0 Å². The van der Waals surface area contributed by atoms with Gasteiger partial charge in [-0.1, -0.05) is 11.6 Å². The van der Waals surface area contributed by atoms with Gasteiger partial charge < -0.3 is 14.7 Å². The molecular weight excluding hydrogens is 338 g/mol. The minimum absolute atomic E-state index is 0.0342. The number of phenols is 1. The van der Waals surface area contributed by atoms with Gasteiger partial charge in [0.15, 0.2) is 0 Å². The van der Waals surface area contributed by atoms with E-state index in [9.17, 15) is 20.0 Å². The second kappa shape index (κ2) is 7.96. The highest BCUT2D eigenvalue weighted by atomic mass is 35.5. The van der Waals surface area contributed by atoms with Crippen molar-refractivity contribution in [2.75, 3.05) is 19.7 Å². The van der Waals surface area contributed by atoms with E-state index in [4.69, 9.17) is 16.3 Å². The Balaban J connectivity index is 2.03. The number of ether oxygens (including phenoxy) is 1. The van der Waals surface area contributed by atoms with Crippen LogP contribution in [-0.2, 0) is 4.74 Å². The Hall–Kier alpha value is -2.35. The van der Waals surface area contributed by atoms with E-state index in [0.717, 1.165) is 6.07 Å². The number of benzene rings is 1. The van der Waals surface area contributed by atoms with E-state index in [1.807, 2.05) is 0 Å². The molecule has 0 spiro atoms. The third-order valence-corrected chi connectivity index (χ3v) is 3.91. The van der Waals surface area contributed by atoms with Gasteiger partial charge in [0, 0.05) is 36.0 Å². The molecule has 1 saturated heterocycles. The number of halogens is 1. The second-order valence-electron chi connectivity index (χ2n) is 5.32. The van der Waals surface area contributed by atoms with Crippen molar-refractivity contribution in [3.05, 3.63) is 32.8 Å². The number of carbonyl (C=O) groups excluding carboxylic acids is 1. The predicted molar refractivity (Wildman–Crippen MR) is 89.0 cm³/mol. The summed E-state index contributed by atoms with van der Waals surface area (Å²) < 4.78 is 4.95. The third-order valence-electron chi connectivity index (χ3n) is 3.70. The van der Waals surface area contributed by atoms with Crippen molar-refractivity contribution in [2.24, 2.45) is 4.99 Å². The largest absolute Gasteiger partial charge is 0.502 e. The number of nitro groups is 1. The molecule has 0 bridgehead atoms. The minimum Gasteiger partial charge on any atom is -0.502 e. The van der Waals surface area contributed by atoms with Crippen molar-refractivity contribution < 1.29 is 19.6 Å². The Morgan fingerprint density at radius 3 is 2.79 bits per heavy atom. The first kappa shape index (κ1) is 18.0. The van der Waals surface area contributed by atoms with E-state index < -0.39 is 16.4 Å². The van der Waals surface area contributed by atoms with Crippen molar-refractivity contribution in [2.45, 2.75) is 25.8 Å². The zero-order valence-electron chi connectivity index (χ0n) is 13.1. The number of carbonyl (C=O) groups is 1. The van der Waals surface area contributed by atoms with Crippen LogP contribution >= 0.6 is 11.6 Å². The number of hydrogen-bond donors (Lipinski definition) is 1. The molecule has 24 heavy (non-hydrogen) atoms. The SMILES string of the molecule is CCOC(=O)N1CCC(N=Cc2cc(Cl)cc([N+](=O)[O-])c2O)CC1. The van der Waals surface area contributed by atoms with Crippen molar-refractivity contribution in [1.82, 2.24) is 4.90 Å². The first-order valence-electron chi connectivity index (χ1n) is 7.54. The topological polar surface area (TPSA) is 105 Å². The van der Waals surface area contributed by atoms with E-state index >= 15 is 0 Å². The van der Waals surface area contributed by atoms with Crippen LogP contribution in [-0.4, -0.2) is 53.0 Å². The number of aliphatic imine (C=N–C) groups is 1. The first-order chi connectivity index (χ1) is 11.4. The summed E-state index contributed by atoms with van der Waals surface area (Å²) in [6.07, 6.45) is 2.36. The Morgan fingerprint density at radius 2 is 2.21 bits per heavy atom. The number of nitro benzene ring substituents is 1. The van der Waals surface area contributed by atoms with Crippen molar-refractivity contribution >= 4 is 29.6 Å². The normalized spacial score (nSPS) is 15.7. The van der Waals surface area contributed by atoms with E-state index in [1.165, 1.54) is 12.3 Å². The molecule has 9 heteroatoms. The summed E-state index contributed by atoms with van der Waals surface area (Å²) in [6.45, 7) is 3.15. The van der Waals surface area contributed by atoms with E-state index in [0.29, 0.717) is 32.5 Å². The number of phenolic OH excluding ortho intramolecular Hbond substituents is 1. The summed E-state index contributed by atoms with van der Waals surface area (Å²) >= 11 is 5.84. The standard InChI is InChI=1S/C15H18ClN3O5/c1-2-24-15(21)18-5-3-12(4-6-18)17-9-10-7-11(16)8-13(14(10)20)19(22)23/h7-9,12,20H,2-6H2,1H3. The van der Waals surface area contributed by atoms with Gasteiger partial charge in [-0.25, -0.2) is 4.79 Å². The second-order valence-corrected chi connectivity index (χ2v) is 5.75. The Bertz CT molecular complexity index is 657. The van der Waals surface area contributed by atoms with Crippen LogP contribution in [0.3, 0.4) is 0 Å². The van der Waals surface area contributed by atoms with Gasteiger partial charge in [-0.15, -0.1) is 0 Å². The summed E-state index contributed by atoms with van der Waals surface area (Å²) in [6, 6.07) is 2.47. The Morgan fingerprint density at radius 1 is 1.54 bits per heavy atom. The number of likely N-dealkylation sites (tertiary alicyclic amines) is 1. The fourth-order valence-electron chi connectivity index (χ4n) is 2.44. The van der Waals surface area contributed by atoms with Gasteiger partial charge in [-0.2, -0.15) is 0 Å². The molecule has 0 aliphatic carbocycles. The maximum atomic E-state index is 11.6. The van der Waals surface area contributed by atoms with E-state index in [1.54, 1.807) is 11.8 Å². The molecule has 0 radical (unpaired) electrons. The number of aromatic hydroxyl groups is 1. The lowest BCUT2D eigenvalue weighted by Gasteiger charge is -2.29. The van der Waals surface area contributed by atoms with Gasteiger partial charge in [0.2, 0.25) is 5.75 Å². The molecule has 1 aliphatic heterocycles. The highest BCUT2D eigenvalue weighted by Gasteiger charge is 2.23. The molecule has 1 heterocycles. The van der Waals surface area contributed by atoms with Gasteiger partial charge in [0.1, 0.15) is 0 Å². The van der Waals surface area contributed by atoms with Crippen LogP contribution in [0.5, 0.6) is 5.75 Å². The molecule has 1 N–H and O–H groups in total. The van der Waals surface area contributed by atoms with Gasteiger partial charge in [-0.05, 0) is 25.8 Å². The smallest absolute Gasteiger partial charge is 0.409 e. The van der Waals surface area contributed by atoms with Crippen LogP contribution in [0.2, 0.25) is 5.02 Å². The van der Waals surface area contributed by atoms with Crippen molar-refractivity contribution in [3.8, 4) is 5.75 Å². The summed E-state index contributed by atoms with van der Waals surface area (Å²) in [4.78, 5) is 27.8. The molecule has 0 unspecified atom stereocenters. The quantitative estimate of drug-likeness (QED) is 0.507. The van der Waals surface area contributed by atoms with Gasteiger partial charge in [0.25, 0.3) is 0 Å². The summed E-state index contributed by atoms with van der Waals surface area (Å²) in [5, 5.41) is 21.0. The molecule has 8 nitrogen and oxygen atoms in total. The summed E-state index contributed by atoms with van der Waals surface area (Å²) in [7, 11) is 0. The van der Waals surface area contributed by atoms with Gasteiger partial charge in [-0.3, -0.25) is 15.1 Å². The first-order valence-corrected chi connectivity index (χ1v) is 7.92. The molecule has 0 atom stereocenters. The maximum Gasteiger partial charge on any atom is 0.409 e. The highest BCUT2D eigenvalue weighted by Crippen LogP contribution is 2.32. The maximum absolute atomic E-state index is 11.6. The molecule has 0 saturated carbocycles. The number of amides is 1. The van der Waals surface area contributed by atoms with Crippen LogP contribution in [0.1, 0.15) is 25.3 Å². The predicted octanol–water partition coefficient (Wildman–Crippen LogP) is 2.99. The molecule has 1 aliphatic rings. The molecule has 1 aromatic carbocycles. The van der Waals surface area contributed by atoms with Gasteiger partial charge in [0.05, 0.1) is 17.6 Å². The molecule has 0 aromatic heterocycles. The number of nitrogens with zero attached hydrogens (tertiary/aromatic N) is 3. The van der Waals surface area contributed by atoms with Crippen LogP contribution in [0.25, 0.3) is 0 Å². The number of piperidine rings is 1. The van der Waals surface area contributed by atoms with Gasteiger partial charge >= 0.3 is 11.8 Å². The zero-order valence-corrected chi connectivity index (χ0v) is 13.9. The van der Waals surface area contributed by atoms with E-state index in [2.05, 4.69) is 4.99 Å². The average molecular weight is 356 g/mol. The zero-order chi connectivity index (χ0) is 17.7. The lowest BCUT2D eigenvalue weighted by molar-refractivity contribution is -0.385. The minimum atomic E-state index is -0.698. The summed E-state index contributed by atoms with van der Waals surface area (Å²) in [5.41, 5.74) is -0.261. The fraction of sp³-hybridized carbons (Fsp3) is 0.467. The average Bonchev–Trinajstić information content (AvgIpc) is 2.55. The Kier molecular flexibility index (Phi) is 5.97. The lowest BCUT2D eigenvalue weighted by Crippen LogP contribution is -2.40. The Labute approximate surface area is 143 Å². The van der Waals surface area contributed by atoms with Crippen LogP contribution in [0.15, 0.2) is 17.1 Å². The molecule has 1 aromatic rings. The van der Waals surface area contributed by atoms with Crippen LogP contribution in [0.4, 0.5) is 10.5 Å². The highest BCUT2D eigenvalue weighted by molar-refractivity contribution is 6.31. The van der Waals surface area contributed by atoms with Crippen LogP contribution in [0, 0.1) is 10.1 Å². The summed E-state index contributed by atoms with van der Waals surface area (Å²) in [5.74, 6) is -0.461. The van der Waals surface area contributed by atoms with E-state index in [-0.39, 0.29) is 22.7 Å². The molecule has 2 rings (SSSR count). The molecule has 1 fully saturated rings.